The average Bonchev–Trinajstić information content (AvgIpc) is 3.10. The smallest absolute Gasteiger partial charge is 0.0271 e. The van der Waals surface area contributed by atoms with E-state index in [1.807, 2.05) is 12.4 Å². The lowest BCUT2D eigenvalue weighted by Gasteiger charge is -2.48. The Morgan fingerprint density at radius 2 is 1.76 bits per heavy atom. The molecule has 0 atom stereocenters. The fourth-order valence-electron chi connectivity index (χ4n) is 3.82. The molecule has 2 fully saturated rings. The predicted molar refractivity (Wildman–Crippen MR) is 86.2 cm³/mol. The van der Waals surface area contributed by atoms with E-state index in [4.69, 9.17) is 0 Å². The molecule has 3 nitrogen and oxygen atoms in total. The Morgan fingerprint density at radius 3 is 2.52 bits per heavy atom. The molecule has 0 bridgehead atoms. The molecule has 0 radical (unpaired) electrons. The molecule has 2 aromatic rings. The molecule has 110 valence electrons. The maximum Gasteiger partial charge on any atom is 0.0271 e. The first kappa shape index (κ1) is 13.4. The van der Waals surface area contributed by atoms with Gasteiger partial charge in [0.25, 0.3) is 0 Å². The van der Waals surface area contributed by atoms with Gasteiger partial charge in [0.05, 0.1) is 0 Å². The predicted octanol–water partition coefficient (Wildman–Crippen LogP) is 2.85. The molecule has 2 aromatic heterocycles. The van der Waals surface area contributed by atoms with E-state index in [9.17, 15) is 0 Å². The summed E-state index contributed by atoms with van der Waals surface area (Å²) in [7, 11) is 0. The Kier molecular flexibility index (Phi) is 3.53. The van der Waals surface area contributed by atoms with Crippen molar-refractivity contribution in [3.63, 3.8) is 0 Å². The lowest BCUT2D eigenvalue weighted by atomic mass is 9.79. The third kappa shape index (κ3) is 2.89. The Morgan fingerprint density at radius 1 is 1.00 bits per heavy atom. The van der Waals surface area contributed by atoms with Crippen LogP contribution in [0.5, 0.6) is 0 Å². The zero-order chi connectivity index (χ0) is 14.1. The lowest BCUT2D eigenvalue weighted by molar-refractivity contribution is 0.00160. The zero-order valence-electron chi connectivity index (χ0n) is 12.2. The van der Waals surface area contributed by atoms with Crippen LogP contribution in [0.4, 0.5) is 0 Å². The summed E-state index contributed by atoms with van der Waals surface area (Å²) in [6.45, 7) is 7.27. The second kappa shape index (κ2) is 5.52. The van der Waals surface area contributed by atoms with Crippen LogP contribution in [0, 0.1) is 5.41 Å². The number of pyridine rings is 1. The highest BCUT2D eigenvalue weighted by molar-refractivity contribution is 7.07. The summed E-state index contributed by atoms with van der Waals surface area (Å²) in [6.07, 6.45) is 5.15. The number of aromatic nitrogens is 1. The van der Waals surface area contributed by atoms with E-state index in [0.717, 1.165) is 13.1 Å². The molecule has 2 saturated heterocycles. The Balaban J connectivity index is 1.29. The van der Waals surface area contributed by atoms with Gasteiger partial charge in [-0.2, -0.15) is 11.3 Å². The van der Waals surface area contributed by atoms with Gasteiger partial charge in [-0.05, 0) is 53.1 Å². The summed E-state index contributed by atoms with van der Waals surface area (Å²) in [6, 6.07) is 6.51. The Labute approximate surface area is 130 Å². The van der Waals surface area contributed by atoms with Crippen molar-refractivity contribution in [3.8, 4) is 0 Å². The van der Waals surface area contributed by atoms with Gasteiger partial charge in [0.15, 0.2) is 0 Å². The summed E-state index contributed by atoms with van der Waals surface area (Å²) in [5, 5.41) is 4.46. The number of hydrogen-bond acceptors (Lipinski definition) is 4. The maximum atomic E-state index is 4.09. The van der Waals surface area contributed by atoms with Crippen molar-refractivity contribution < 1.29 is 0 Å². The highest BCUT2D eigenvalue weighted by Gasteiger charge is 2.47. The van der Waals surface area contributed by atoms with Gasteiger partial charge in [-0.15, -0.1) is 0 Å². The number of rotatable bonds is 4. The average molecular weight is 299 g/mol. The molecule has 0 aliphatic carbocycles. The highest BCUT2D eigenvalue weighted by Crippen LogP contribution is 2.40. The van der Waals surface area contributed by atoms with Gasteiger partial charge in [0.1, 0.15) is 0 Å². The number of nitrogens with zero attached hydrogens (tertiary/aromatic N) is 3. The van der Waals surface area contributed by atoms with Crippen molar-refractivity contribution in [2.75, 3.05) is 26.2 Å². The standard InChI is InChI=1S/C17H21N3S/c1-5-18-6-2-15(1)9-20-13-17(14-20)4-7-19(12-17)10-16-3-8-21-11-16/h1-3,5-6,8,11H,4,7,9-10,12-14H2. The molecule has 0 amide bonds. The molecule has 0 saturated carbocycles. The topological polar surface area (TPSA) is 19.4 Å². The third-order valence-electron chi connectivity index (χ3n) is 4.78. The molecule has 2 aliphatic rings. The molecule has 4 heteroatoms. The molecular weight excluding hydrogens is 278 g/mol. The molecular formula is C17H21N3S. The van der Waals surface area contributed by atoms with Crippen LogP contribution >= 0.6 is 11.3 Å². The van der Waals surface area contributed by atoms with Gasteiger partial charge in [-0.1, -0.05) is 0 Å². The summed E-state index contributed by atoms with van der Waals surface area (Å²) >= 11 is 1.80. The lowest BCUT2D eigenvalue weighted by Crippen LogP contribution is -2.56. The first-order valence-electron chi connectivity index (χ1n) is 7.66. The van der Waals surface area contributed by atoms with E-state index >= 15 is 0 Å². The van der Waals surface area contributed by atoms with E-state index in [-0.39, 0.29) is 0 Å². The second-order valence-corrected chi connectivity index (χ2v) is 7.37. The quantitative estimate of drug-likeness (QED) is 0.865. The third-order valence-corrected chi connectivity index (χ3v) is 5.51. The van der Waals surface area contributed by atoms with Crippen LogP contribution in [-0.2, 0) is 13.1 Å². The normalized spacial score (nSPS) is 21.7. The van der Waals surface area contributed by atoms with Crippen LogP contribution in [-0.4, -0.2) is 41.0 Å². The van der Waals surface area contributed by atoms with Crippen LogP contribution in [0.1, 0.15) is 17.5 Å². The summed E-state index contributed by atoms with van der Waals surface area (Å²) in [4.78, 5) is 9.29. The van der Waals surface area contributed by atoms with Gasteiger partial charge in [0.2, 0.25) is 0 Å². The van der Waals surface area contributed by atoms with Crippen molar-refractivity contribution in [2.45, 2.75) is 19.5 Å². The van der Waals surface area contributed by atoms with Gasteiger partial charge in [0, 0.05) is 50.5 Å². The summed E-state index contributed by atoms with van der Waals surface area (Å²) < 4.78 is 0. The molecule has 0 unspecified atom stereocenters. The van der Waals surface area contributed by atoms with Crippen LogP contribution in [0.15, 0.2) is 41.4 Å². The van der Waals surface area contributed by atoms with Gasteiger partial charge < -0.3 is 0 Å². The van der Waals surface area contributed by atoms with Crippen LogP contribution < -0.4 is 0 Å². The van der Waals surface area contributed by atoms with Crippen LogP contribution in [0.3, 0.4) is 0 Å². The molecule has 1 spiro atoms. The fourth-order valence-corrected chi connectivity index (χ4v) is 4.48. The molecule has 4 heterocycles. The largest absolute Gasteiger partial charge is 0.298 e. The van der Waals surface area contributed by atoms with Crippen molar-refractivity contribution in [3.05, 3.63) is 52.5 Å². The van der Waals surface area contributed by atoms with Crippen molar-refractivity contribution >= 4 is 11.3 Å². The summed E-state index contributed by atoms with van der Waals surface area (Å²) in [5.74, 6) is 0. The second-order valence-electron chi connectivity index (χ2n) is 6.59. The van der Waals surface area contributed by atoms with Gasteiger partial charge >= 0.3 is 0 Å². The first-order valence-corrected chi connectivity index (χ1v) is 8.60. The summed E-state index contributed by atoms with van der Waals surface area (Å²) in [5.41, 5.74) is 3.43. The molecule has 0 aromatic carbocycles. The monoisotopic (exact) mass is 299 g/mol. The maximum absolute atomic E-state index is 4.09. The minimum Gasteiger partial charge on any atom is -0.298 e. The van der Waals surface area contributed by atoms with Gasteiger partial charge in [-0.3, -0.25) is 14.8 Å². The first-order chi connectivity index (χ1) is 10.3. The van der Waals surface area contributed by atoms with E-state index in [0.29, 0.717) is 5.41 Å². The molecule has 0 N–H and O–H groups in total. The van der Waals surface area contributed by atoms with Crippen LogP contribution in [0.25, 0.3) is 0 Å². The zero-order valence-corrected chi connectivity index (χ0v) is 13.1. The fraction of sp³-hybridized carbons (Fsp3) is 0.471. The van der Waals surface area contributed by atoms with Crippen molar-refractivity contribution in [2.24, 2.45) is 5.41 Å². The van der Waals surface area contributed by atoms with Crippen LogP contribution in [0.2, 0.25) is 0 Å². The van der Waals surface area contributed by atoms with E-state index < -0.39 is 0 Å². The van der Waals surface area contributed by atoms with Crippen molar-refractivity contribution in [1.29, 1.82) is 0 Å². The van der Waals surface area contributed by atoms with E-state index in [2.05, 4.69) is 43.7 Å². The number of hydrogen-bond donors (Lipinski definition) is 0. The van der Waals surface area contributed by atoms with Crippen molar-refractivity contribution in [1.82, 2.24) is 14.8 Å². The minimum atomic E-state index is 0.572. The Bertz CT molecular complexity index is 575. The van der Waals surface area contributed by atoms with Gasteiger partial charge in [-0.25, -0.2) is 0 Å². The molecule has 4 rings (SSSR count). The van der Waals surface area contributed by atoms with E-state index in [1.54, 1.807) is 11.3 Å². The van der Waals surface area contributed by atoms with E-state index in [1.165, 1.54) is 43.7 Å². The molecule has 21 heavy (non-hydrogen) atoms. The number of thiophene rings is 1. The SMILES string of the molecule is c1cc(CN2CC3(CCN(Cc4ccsc4)C3)C2)ccn1. The minimum absolute atomic E-state index is 0.572. The molecule has 2 aliphatic heterocycles. The highest BCUT2D eigenvalue weighted by atomic mass is 32.1. The Hall–Kier alpha value is -1.23. The number of likely N-dealkylation sites (tertiary alicyclic amines) is 2.